The van der Waals surface area contributed by atoms with Crippen molar-refractivity contribution in [2.45, 2.75) is 58.3 Å². The molecule has 0 aliphatic heterocycles. The van der Waals surface area contributed by atoms with Crippen LogP contribution in [0, 0.1) is 0 Å². The maximum Gasteiger partial charge on any atom is 0.0790 e. The van der Waals surface area contributed by atoms with E-state index in [-0.39, 0.29) is 24.0 Å². The highest BCUT2D eigenvalue weighted by atomic mass is 127. The molecule has 0 unspecified atom stereocenters. The molecule has 0 atom stereocenters. The zero-order valence-electron chi connectivity index (χ0n) is 12.0. The number of nitrogens with zero attached hydrogens (tertiary/aromatic N) is 1. The van der Waals surface area contributed by atoms with Gasteiger partial charge in [0.25, 0.3) is 0 Å². The number of alkyl halides is 1. The van der Waals surface area contributed by atoms with Crippen molar-refractivity contribution in [3.05, 3.63) is 0 Å². The second-order valence-corrected chi connectivity index (χ2v) is 6.34. The molecule has 1 nitrogen and oxygen atoms in total. The van der Waals surface area contributed by atoms with E-state index in [2.05, 4.69) is 36.9 Å². The lowest BCUT2D eigenvalue weighted by atomic mass is 10.1. The summed E-state index contributed by atoms with van der Waals surface area (Å²) in [6, 6.07) is 0. The number of hydrogen-bond acceptors (Lipinski definition) is 0. The molecule has 0 fully saturated rings. The van der Waals surface area contributed by atoms with Gasteiger partial charge in [-0.1, -0.05) is 55.0 Å². The van der Waals surface area contributed by atoms with Crippen LogP contribution >= 0.6 is 15.9 Å². The predicted octanol–water partition coefficient (Wildman–Crippen LogP) is 1.60. The lowest BCUT2D eigenvalue weighted by molar-refractivity contribution is -0.890. The smallest absolute Gasteiger partial charge is 0.0790 e. The first-order valence-electron chi connectivity index (χ1n) is 7.00. The third-order valence-electron chi connectivity index (χ3n) is 3.26. The summed E-state index contributed by atoms with van der Waals surface area (Å²) in [5.74, 6) is 0. The Balaban J connectivity index is 0. The van der Waals surface area contributed by atoms with Crippen LogP contribution in [0.5, 0.6) is 0 Å². The number of rotatable bonds is 11. The van der Waals surface area contributed by atoms with Gasteiger partial charge in [0.15, 0.2) is 0 Å². The Kier molecular flexibility index (Phi) is 16.4. The minimum absolute atomic E-state index is 0. The summed E-state index contributed by atoms with van der Waals surface area (Å²) in [6.45, 7) is 4.94. The van der Waals surface area contributed by atoms with Crippen molar-refractivity contribution in [3.63, 3.8) is 0 Å². The van der Waals surface area contributed by atoms with Gasteiger partial charge in [0.2, 0.25) is 0 Å². The molecule has 0 bridgehead atoms. The fraction of sp³-hybridized carbons (Fsp3) is 1.00. The average molecular weight is 420 g/mol. The van der Waals surface area contributed by atoms with E-state index in [1.165, 1.54) is 68.9 Å². The van der Waals surface area contributed by atoms with Gasteiger partial charge in [-0.2, -0.15) is 0 Å². The van der Waals surface area contributed by atoms with Crippen molar-refractivity contribution < 1.29 is 28.5 Å². The molecular weight excluding hydrogens is 389 g/mol. The van der Waals surface area contributed by atoms with Crippen LogP contribution < -0.4 is 24.0 Å². The number of hydrogen-bond donors (Lipinski definition) is 0. The van der Waals surface area contributed by atoms with Gasteiger partial charge in [0, 0.05) is 11.8 Å². The van der Waals surface area contributed by atoms with Gasteiger partial charge in [0.1, 0.15) is 0 Å². The third kappa shape index (κ3) is 15.1. The number of quaternary nitrogens is 1. The van der Waals surface area contributed by atoms with Crippen LogP contribution in [0.4, 0.5) is 0 Å². The summed E-state index contributed by atoms with van der Waals surface area (Å²) < 4.78 is 1.20. The summed E-state index contributed by atoms with van der Waals surface area (Å²) in [4.78, 5) is 0. The molecule has 17 heavy (non-hydrogen) atoms. The highest BCUT2D eigenvalue weighted by Gasteiger charge is 2.12. The summed E-state index contributed by atoms with van der Waals surface area (Å²) in [7, 11) is 4.72. The molecule has 0 aromatic rings. The quantitative estimate of drug-likeness (QED) is 0.206. The molecule has 0 aromatic carbocycles. The van der Waals surface area contributed by atoms with Gasteiger partial charge >= 0.3 is 0 Å². The first kappa shape index (κ1) is 20.5. The first-order chi connectivity index (χ1) is 7.62. The highest BCUT2D eigenvalue weighted by molar-refractivity contribution is 9.09. The van der Waals surface area contributed by atoms with Crippen molar-refractivity contribution in [1.82, 2.24) is 0 Å². The fourth-order valence-electron chi connectivity index (χ4n) is 2.10. The minimum Gasteiger partial charge on any atom is -1.00 e. The second kappa shape index (κ2) is 13.6. The molecular formula is C14H31BrIN. The Hall–Kier alpha value is 1.17. The first-order valence-corrected chi connectivity index (χ1v) is 8.12. The standard InChI is InChI=1S/C14H31BrN.HI/c1-4-5-6-7-8-9-10-13-16(2,3)14-11-12-15;/h4-14H2,1-3H3;1H/q+1;/p-1. The molecule has 0 aliphatic carbocycles. The minimum atomic E-state index is 0. The zero-order chi connectivity index (χ0) is 12.3. The molecule has 0 aromatic heterocycles. The van der Waals surface area contributed by atoms with E-state index in [4.69, 9.17) is 0 Å². The summed E-state index contributed by atoms with van der Waals surface area (Å²) in [6.07, 6.45) is 11.2. The zero-order valence-corrected chi connectivity index (χ0v) is 15.7. The molecule has 0 saturated carbocycles. The lowest BCUT2D eigenvalue weighted by Gasteiger charge is -2.29. The predicted molar refractivity (Wildman–Crippen MR) is 78.2 cm³/mol. The van der Waals surface area contributed by atoms with E-state index < -0.39 is 0 Å². The topological polar surface area (TPSA) is 0 Å². The van der Waals surface area contributed by atoms with E-state index >= 15 is 0 Å². The maximum absolute atomic E-state index is 3.51. The third-order valence-corrected chi connectivity index (χ3v) is 3.82. The SMILES string of the molecule is CCCCCCCCC[N+](C)(C)CCCBr.[I-]. The molecule has 106 valence electrons. The number of unbranched alkanes of at least 4 members (excludes halogenated alkanes) is 6. The lowest BCUT2D eigenvalue weighted by Crippen LogP contribution is -3.00. The molecule has 0 N–H and O–H groups in total. The Labute approximate surface area is 134 Å². The molecule has 0 rings (SSSR count). The van der Waals surface area contributed by atoms with Gasteiger partial charge < -0.3 is 28.5 Å². The van der Waals surface area contributed by atoms with Crippen LogP contribution in [0.1, 0.15) is 58.3 Å². The Morgan fingerprint density at radius 2 is 1.24 bits per heavy atom. The van der Waals surface area contributed by atoms with Crippen molar-refractivity contribution in [2.75, 3.05) is 32.5 Å². The number of halogens is 2. The van der Waals surface area contributed by atoms with E-state index in [0.717, 1.165) is 5.33 Å². The van der Waals surface area contributed by atoms with Crippen LogP contribution in [-0.2, 0) is 0 Å². The van der Waals surface area contributed by atoms with Gasteiger partial charge in [-0.15, -0.1) is 0 Å². The van der Waals surface area contributed by atoms with E-state index in [9.17, 15) is 0 Å². The van der Waals surface area contributed by atoms with Crippen LogP contribution in [0.25, 0.3) is 0 Å². The Morgan fingerprint density at radius 1 is 0.765 bits per heavy atom. The van der Waals surface area contributed by atoms with Gasteiger partial charge in [-0.25, -0.2) is 0 Å². The van der Waals surface area contributed by atoms with Crippen LogP contribution in [0.15, 0.2) is 0 Å². The van der Waals surface area contributed by atoms with Crippen LogP contribution in [0.3, 0.4) is 0 Å². The normalized spacial score (nSPS) is 11.3. The van der Waals surface area contributed by atoms with E-state index in [0.29, 0.717) is 0 Å². The second-order valence-electron chi connectivity index (χ2n) is 5.55. The highest BCUT2D eigenvalue weighted by Crippen LogP contribution is 2.09. The van der Waals surface area contributed by atoms with Gasteiger partial charge in [-0.3, -0.25) is 0 Å². The fourth-order valence-corrected chi connectivity index (χ4v) is 2.35. The Morgan fingerprint density at radius 3 is 1.76 bits per heavy atom. The monoisotopic (exact) mass is 419 g/mol. The van der Waals surface area contributed by atoms with Crippen molar-refractivity contribution in [3.8, 4) is 0 Å². The van der Waals surface area contributed by atoms with Gasteiger partial charge in [0.05, 0.1) is 27.2 Å². The molecule has 0 heterocycles. The van der Waals surface area contributed by atoms with Crippen LogP contribution in [0.2, 0.25) is 0 Å². The van der Waals surface area contributed by atoms with Gasteiger partial charge in [-0.05, 0) is 12.8 Å². The molecule has 0 aliphatic rings. The summed E-state index contributed by atoms with van der Waals surface area (Å²) in [5.41, 5.74) is 0. The summed E-state index contributed by atoms with van der Waals surface area (Å²) >= 11 is 3.51. The molecule has 0 saturated heterocycles. The average Bonchev–Trinajstić information content (AvgIpc) is 2.25. The Bertz CT molecular complexity index is 151. The van der Waals surface area contributed by atoms with Crippen LogP contribution in [-0.4, -0.2) is 37.0 Å². The van der Waals surface area contributed by atoms with Crippen molar-refractivity contribution in [1.29, 1.82) is 0 Å². The van der Waals surface area contributed by atoms with E-state index in [1.807, 2.05) is 0 Å². The van der Waals surface area contributed by atoms with Crippen molar-refractivity contribution >= 4 is 15.9 Å². The maximum atomic E-state index is 3.51. The van der Waals surface area contributed by atoms with Crippen molar-refractivity contribution in [2.24, 2.45) is 0 Å². The molecule has 0 amide bonds. The molecule has 0 spiro atoms. The molecule has 0 radical (unpaired) electrons. The van der Waals surface area contributed by atoms with E-state index in [1.54, 1.807) is 0 Å². The largest absolute Gasteiger partial charge is 1.00 e. The summed E-state index contributed by atoms with van der Waals surface area (Å²) in [5, 5.41) is 1.14. The molecule has 3 heteroatoms.